The SMILES string of the molecule is CC1(NC(=O)CN2CCCC(CO)C2)CCS(=O)(=O)C1. The summed E-state index contributed by atoms with van der Waals surface area (Å²) in [6.45, 7) is 3.83. The molecule has 0 aliphatic carbocycles. The van der Waals surface area contributed by atoms with Gasteiger partial charge in [0.25, 0.3) is 0 Å². The van der Waals surface area contributed by atoms with Crippen molar-refractivity contribution < 1.29 is 18.3 Å². The van der Waals surface area contributed by atoms with Crippen LogP contribution in [0.2, 0.25) is 0 Å². The van der Waals surface area contributed by atoms with Crippen LogP contribution in [0, 0.1) is 5.92 Å². The third kappa shape index (κ3) is 4.17. The number of carbonyl (C=O) groups excluding carboxylic acids is 1. The number of likely N-dealkylation sites (tertiary alicyclic amines) is 1. The number of nitrogens with zero attached hydrogens (tertiary/aromatic N) is 1. The molecule has 0 aromatic heterocycles. The largest absolute Gasteiger partial charge is 0.396 e. The summed E-state index contributed by atoms with van der Waals surface area (Å²) >= 11 is 0. The highest BCUT2D eigenvalue weighted by Crippen LogP contribution is 2.23. The Bertz CT molecular complexity index is 465. The lowest BCUT2D eigenvalue weighted by Crippen LogP contribution is -2.51. The highest BCUT2D eigenvalue weighted by molar-refractivity contribution is 7.91. The van der Waals surface area contributed by atoms with E-state index in [0.29, 0.717) is 6.42 Å². The molecule has 2 N–H and O–H groups in total. The van der Waals surface area contributed by atoms with E-state index in [1.54, 1.807) is 6.92 Å². The molecule has 0 bridgehead atoms. The maximum absolute atomic E-state index is 12.1. The number of nitrogens with one attached hydrogen (secondary N) is 1. The fourth-order valence-corrected chi connectivity index (χ4v) is 5.23. The molecule has 0 saturated carbocycles. The summed E-state index contributed by atoms with van der Waals surface area (Å²) in [5.74, 6) is 0.313. The third-order valence-corrected chi connectivity index (χ3v) is 6.08. The Morgan fingerprint density at radius 1 is 1.50 bits per heavy atom. The smallest absolute Gasteiger partial charge is 0.234 e. The number of carbonyl (C=O) groups is 1. The van der Waals surface area contributed by atoms with Crippen LogP contribution in [-0.4, -0.2) is 67.6 Å². The molecule has 0 radical (unpaired) electrons. The van der Waals surface area contributed by atoms with E-state index in [4.69, 9.17) is 0 Å². The van der Waals surface area contributed by atoms with Gasteiger partial charge in [-0.1, -0.05) is 0 Å². The number of aliphatic hydroxyl groups is 1. The lowest BCUT2D eigenvalue weighted by molar-refractivity contribution is -0.124. The predicted molar refractivity (Wildman–Crippen MR) is 76.1 cm³/mol. The Kier molecular flexibility index (Phi) is 4.71. The molecule has 7 heteroatoms. The number of amides is 1. The van der Waals surface area contributed by atoms with Crippen LogP contribution in [0.25, 0.3) is 0 Å². The summed E-state index contributed by atoms with van der Waals surface area (Å²) in [6, 6.07) is 0. The van der Waals surface area contributed by atoms with E-state index in [1.165, 1.54) is 0 Å². The fraction of sp³-hybridized carbons (Fsp3) is 0.923. The minimum Gasteiger partial charge on any atom is -0.396 e. The summed E-state index contributed by atoms with van der Waals surface area (Å²) < 4.78 is 23.0. The molecule has 2 heterocycles. The van der Waals surface area contributed by atoms with Gasteiger partial charge in [0, 0.05) is 13.2 Å². The summed E-state index contributed by atoms with van der Waals surface area (Å²) in [5, 5.41) is 12.0. The van der Waals surface area contributed by atoms with Gasteiger partial charge in [-0.3, -0.25) is 9.69 Å². The first-order valence-electron chi connectivity index (χ1n) is 7.17. The Hall–Kier alpha value is -0.660. The van der Waals surface area contributed by atoms with Gasteiger partial charge in [0.15, 0.2) is 9.84 Å². The molecule has 0 aromatic carbocycles. The molecule has 6 nitrogen and oxygen atoms in total. The quantitative estimate of drug-likeness (QED) is 0.723. The number of hydrogen-bond acceptors (Lipinski definition) is 5. The second-order valence-electron chi connectivity index (χ2n) is 6.38. The van der Waals surface area contributed by atoms with Gasteiger partial charge in [0.05, 0.1) is 23.6 Å². The molecule has 2 rings (SSSR count). The second-order valence-corrected chi connectivity index (χ2v) is 8.56. The van der Waals surface area contributed by atoms with E-state index >= 15 is 0 Å². The highest BCUT2D eigenvalue weighted by Gasteiger charge is 2.39. The van der Waals surface area contributed by atoms with E-state index in [-0.39, 0.29) is 36.5 Å². The van der Waals surface area contributed by atoms with Crippen molar-refractivity contribution in [1.82, 2.24) is 10.2 Å². The molecular formula is C13H24N2O4S. The van der Waals surface area contributed by atoms with Gasteiger partial charge < -0.3 is 10.4 Å². The fourth-order valence-electron chi connectivity index (χ4n) is 3.13. The van der Waals surface area contributed by atoms with Gasteiger partial charge in [0.1, 0.15) is 0 Å². The number of sulfone groups is 1. The Balaban J connectivity index is 1.84. The van der Waals surface area contributed by atoms with Crippen LogP contribution in [0.1, 0.15) is 26.2 Å². The average molecular weight is 304 g/mol. The van der Waals surface area contributed by atoms with E-state index in [1.807, 2.05) is 4.90 Å². The molecular weight excluding hydrogens is 280 g/mol. The maximum atomic E-state index is 12.1. The molecule has 2 aliphatic heterocycles. The van der Waals surface area contributed by atoms with E-state index in [0.717, 1.165) is 25.9 Å². The van der Waals surface area contributed by atoms with Crippen molar-refractivity contribution in [1.29, 1.82) is 0 Å². The van der Waals surface area contributed by atoms with Crippen molar-refractivity contribution in [3.8, 4) is 0 Å². The van der Waals surface area contributed by atoms with Crippen molar-refractivity contribution in [2.75, 3.05) is 37.7 Å². The van der Waals surface area contributed by atoms with E-state index in [2.05, 4.69) is 5.32 Å². The lowest BCUT2D eigenvalue weighted by Gasteiger charge is -2.32. The van der Waals surface area contributed by atoms with Gasteiger partial charge in [-0.2, -0.15) is 0 Å². The van der Waals surface area contributed by atoms with Crippen molar-refractivity contribution in [2.45, 2.75) is 31.7 Å². The molecule has 0 aromatic rings. The number of piperidine rings is 1. The first kappa shape index (κ1) is 15.7. The van der Waals surface area contributed by atoms with Crippen molar-refractivity contribution >= 4 is 15.7 Å². The minimum absolute atomic E-state index is 0.0327. The summed E-state index contributed by atoms with van der Waals surface area (Å²) in [6.07, 6.45) is 2.48. The number of rotatable bonds is 4. The van der Waals surface area contributed by atoms with Crippen LogP contribution >= 0.6 is 0 Å². The van der Waals surface area contributed by atoms with Crippen molar-refractivity contribution in [2.24, 2.45) is 5.92 Å². The van der Waals surface area contributed by atoms with Crippen LogP contribution in [0.15, 0.2) is 0 Å². The highest BCUT2D eigenvalue weighted by atomic mass is 32.2. The van der Waals surface area contributed by atoms with Gasteiger partial charge in [-0.15, -0.1) is 0 Å². The molecule has 2 saturated heterocycles. The first-order valence-corrected chi connectivity index (χ1v) is 8.99. The zero-order valence-electron chi connectivity index (χ0n) is 12.0. The third-order valence-electron chi connectivity index (χ3n) is 4.17. The molecule has 2 fully saturated rings. The Morgan fingerprint density at radius 2 is 2.25 bits per heavy atom. The monoisotopic (exact) mass is 304 g/mol. The summed E-state index contributed by atoms with van der Waals surface area (Å²) in [4.78, 5) is 14.1. The first-order chi connectivity index (χ1) is 9.32. The molecule has 0 spiro atoms. The van der Waals surface area contributed by atoms with Crippen LogP contribution in [0.5, 0.6) is 0 Å². The van der Waals surface area contributed by atoms with Gasteiger partial charge in [-0.05, 0) is 38.6 Å². The van der Waals surface area contributed by atoms with E-state index < -0.39 is 15.4 Å². The molecule has 20 heavy (non-hydrogen) atoms. The zero-order chi connectivity index (χ0) is 14.8. The lowest BCUT2D eigenvalue weighted by atomic mass is 9.99. The molecule has 1 amide bonds. The molecule has 2 aliphatic rings. The molecule has 2 unspecified atom stereocenters. The standard InChI is InChI=1S/C13H24N2O4S/c1-13(4-6-20(18,19)10-13)14-12(17)8-15-5-2-3-11(7-15)9-16/h11,16H,2-10H2,1H3,(H,14,17). The topological polar surface area (TPSA) is 86.7 Å². The second kappa shape index (κ2) is 5.99. The molecule has 116 valence electrons. The van der Waals surface area contributed by atoms with Crippen LogP contribution in [0.4, 0.5) is 0 Å². The van der Waals surface area contributed by atoms with Crippen LogP contribution in [0.3, 0.4) is 0 Å². The summed E-state index contributed by atoms with van der Waals surface area (Å²) in [7, 11) is -3.01. The minimum atomic E-state index is -3.01. The normalized spacial score (nSPS) is 34.0. The Labute approximate surface area is 120 Å². The van der Waals surface area contributed by atoms with Gasteiger partial charge >= 0.3 is 0 Å². The number of hydrogen-bond donors (Lipinski definition) is 2. The number of aliphatic hydroxyl groups excluding tert-OH is 1. The predicted octanol–water partition coefficient (Wildman–Crippen LogP) is -0.616. The van der Waals surface area contributed by atoms with E-state index in [9.17, 15) is 18.3 Å². The van der Waals surface area contributed by atoms with Crippen molar-refractivity contribution in [3.05, 3.63) is 0 Å². The van der Waals surface area contributed by atoms with Crippen LogP contribution < -0.4 is 5.32 Å². The maximum Gasteiger partial charge on any atom is 0.234 e. The molecule has 2 atom stereocenters. The van der Waals surface area contributed by atoms with Crippen LogP contribution in [-0.2, 0) is 14.6 Å². The van der Waals surface area contributed by atoms with Crippen molar-refractivity contribution in [3.63, 3.8) is 0 Å². The zero-order valence-corrected chi connectivity index (χ0v) is 12.8. The Morgan fingerprint density at radius 3 is 2.85 bits per heavy atom. The van der Waals surface area contributed by atoms with Gasteiger partial charge in [0.2, 0.25) is 5.91 Å². The van der Waals surface area contributed by atoms with Gasteiger partial charge in [-0.25, -0.2) is 8.42 Å². The summed E-state index contributed by atoms with van der Waals surface area (Å²) in [5.41, 5.74) is -0.623. The average Bonchev–Trinajstić information content (AvgIpc) is 2.63.